The number of hydrogen-bond acceptors (Lipinski definition) is 2. The molecule has 2 aliphatic carbocycles. The first kappa shape index (κ1) is 23.5. The highest BCUT2D eigenvalue weighted by atomic mass is 127. The number of benzene rings is 2. The molecular formula is C29H37IO2+. The SMILES string of the molecule is CC=C(C(=O)OC)[I+](c1ccc(C2CCCCC2)cc1)c1ccc(C2CCCCC2)cc1. The van der Waals surface area contributed by atoms with Crippen LogP contribution in [-0.2, 0) is 9.53 Å². The van der Waals surface area contributed by atoms with Gasteiger partial charge in [-0.3, -0.25) is 0 Å². The number of methoxy groups -OCH3 is 1. The summed E-state index contributed by atoms with van der Waals surface area (Å²) in [6.07, 6.45) is 15.4. The number of ether oxygens (including phenoxy) is 1. The van der Waals surface area contributed by atoms with Gasteiger partial charge in [0.05, 0.1) is 7.11 Å². The minimum atomic E-state index is -2.11. The molecule has 171 valence electrons. The molecule has 4 rings (SSSR count). The van der Waals surface area contributed by atoms with Crippen molar-refractivity contribution < 1.29 is 29.4 Å². The molecule has 2 fully saturated rings. The Balaban J connectivity index is 1.63. The van der Waals surface area contributed by atoms with Gasteiger partial charge in [0.25, 0.3) is 0 Å². The molecule has 0 unspecified atom stereocenters. The lowest BCUT2D eigenvalue weighted by Crippen LogP contribution is -3.85. The first-order valence-electron chi connectivity index (χ1n) is 12.4. The van der Waals surface area contributed by atoms with E-state index in [0.29, 0.717) is 11.8 Å². The highest BCUT2D eigenvalue weighted by Gasteiger charge is 2.38. The van der Waals surface area contributed by atoms with Crippen LogP contribution in [0.3, 0.4) is 0 Å². The van der Waals surface area contributed by atoms with Gasteiger partial charge in [-0.25, -0.2) is 4.79 Å². The number of halogens is 1. The molecule has 2 saturated carbocycles. The third-order valence-corrected chi connectivity index (χ3v) is 13.3. The Morgan fingerprint density at radius 3 is 1.50 bits per heavy atom. The van der Waals surface area contributed by atoms with Crippen molar-refractivity contribution in [1.82, 2.24) is 0 Å². The van der Waals surface area contributed by atoms with E-state index in [4.69, 9.17) is 4.74 Å². The van der Waals surface area contributed by atoms with E-state index >= 15 is 0 Å². The molecule has 0 aliphatic heterocycles. The Morgan fingerprint density at radius 2 is 1.16 bits per heavy atom. The molecule has 0 bridgehead atoms. The quantitative estimate of drug-likeness (QED) is 0.304. The van der Waals surface area contributed by atoms with Crippen LogP contribution in [0.1, 0.15) is 94.1 Å². The van der Waals surface area contributed by atoms with Gasteiger partial charge in [-0.2, -0.15) is 0 Å². The monoisotopic (exact) mass is 544 g/mol. The van der Waals surface area contributed by atoms with Gasteiger partial charge in [-0.1, -0.05) is 62.8 Å². The number of hydrogen-bond donors (Lipinski definition) is 0. The zero-order chi connectivity index (χ0) is 22.3. The number of carbonyl (C=O) groups excluding carboxylic acids is 1. The van der Waals surface area contributed by atoms with E-state index in [1.54, 1.807) is 0 Å². The van der Waals surface area contributed by atoms with Gasteiger partial charge in [0.15, 0.2) is 27.0 Å². The fraction of sp³-hybridized carbons (Fsp3) is 0.483. The van der Waals surface area contributed by atoms with Crippen LogP contribution in [0.15, 0.2) is 58.2 Å². The van der Waals surface area contributed by atoms with Gasteiger partial charge in [0.1, 0.15) is 0 Å². The molecule has 32 heavy (non-hydrogen) atoms. The van der Waals surface area contributed by atoms with Crippen LogP contribution in [0, 0.1) is 7.14 Å². The van der Waals surface area contributed by atoms with Crippen LogP contribution in [0.2, 0.25) is 0 Å². The maximum Gasteiger partial charge on any atom is 0.381 e. The molecule has 0 aromatic heterocycles. The van der Waals surface area contributed by atoms with E-state index in [1.165, 1.54) is 89.6 Å². The molecule has 2 nitrogen and oxygen atoms in total. The third kappa shape index (κ3) is 5.47. The second kappa shape index (κ2) is 11.5. The lowest BCUT2D eigenvalue weighted by molar-refractivity contribution is -0.809. The molecule has 0 saturated heterocycles. The number of rotatable bonds is 6. The van der Waals surface area contributed by atoms with Crippen LogP contribution in [0.5, 0.6) is 0 Å². The molecule has 0 N–H and O–H groups in total. The van der Waals surface area contributed by atoms with Crippen LogP contribution >= 0.6 is 0 Å². The summed E-state index contributed by atoms with van der Waals surface area (Å²) in [5.74, 6) is 1.23. The van der Waals surface area contributed by atoms with Gasteiger partial charge < -0.3 is 4.74 Å². The lowest BCUT2D eigenvalue weighted by Gasteiger charge is -2.22. The summed E-state index contributed by atoms with van der Waals surface area (Å²) < 4.78 is 8.70. The average molecular weight is 545 g/mol. The smallest absolute Gasteiger partial charge is 0.381 e. The van der Waals surface area contributed by atoms with Gasteiger partial charge in [-0.15, -0.1) is 0 Å². The summed E-state index contributed by atoms with van der Waals surface area (Å²) in [7, 11) is 1.50. The molecule has 2 aromatic carbocycles. The fourth-order valence-electron chi connectivity index (χ4n) is 5.36. The number of allylic oxidation sites excluding steroid dienone is 1. The van der Waals surface area contributed by atoms with Gasteiger partial charge in [0, 0.05) is 0 Å². The maximum atomic E-state index is 12.7. The third-order valence-electron chi connectivity index (χ3n) is 7.17. The van der Waals surface area contributed by atoms with Crippen molar-refractivity contribution in [3.05, 3.63) is 76.5 Å². The summed E-state index contributed by atoms with van der Waals surface area (Å²) >= 11 is -2.11. The normalized spacial score (nSPS) is 18.7. The van der Waals surface area contributed by atoms with Crippen LogP contribution in [0.25, 0.3) is 0 Å². The van der Waals surface area contributed by atoms with Crippen molar-refractivity contribution in [3.8, 4) is 0 Å². The van der Waals surface area contributed by atoms with Crippen LogP contribution < -0.4 is 19.8 Å². The number of carbonyl (C=O) groups is 1. The molecule has 2 aromatic rings. The van der Waals surface area contributed by atoms with Crippen LogP contribution in [-0.4, -0.2) is 13.1 Å². The van der Waals surface area contributed by atoms with Crippen LogP contribution in [0.4, 0.5) is 0 Å². The minimum Gasteiger partial charge on any atom is -0.463 e. The van der Waals surface area contributed by atoms with Crippen molar-refractivity contribution >= 4 is 5.97 Å². The molecule has 0 spiro atoms. The van der Waals surface area contributed by atoms with E-state index in [9.17, 15) is 4.79 Å². The zero-order valence-electron chi connectivity index (χ0n) is 19.6. The Morgan fingerprint density at radius 1 is 0.750 bits per heavy atom. The predicted octanol–water partition coefficient (Wildman–Crippen LogP) is 4.52. The lowest BCUT2D eigenvalue weighted by atomic mass is 9.84. The zero-order valence-corrected chi connectivity index (χ0v) is 21.8. The van der Waals surface area contributed by atoms with E-state index in [1.807, 2.05) is 13.0 Å². The first-order chi connectivity index (χ1) is 15.7. The van der Waals surface area contributed by atoms with Gasteiger partial charge in [0.2, 0.25) is 3.58 Å². The molecule has 2 aliphatic rings. The molecule has 0 atom stereocenters. The number of esters is 1. The summed E-state index contributed by atoms with van der Waals surface area (Å²) in [5.41, 5.74) is 2.94. The second-order valence-electron chi connectivity index (χ2n) is 9.18. The van der Waals surface area contributed by atoms with Gasteiger partial charge in [-0.05, 0) is 85.9 Å². The fourth-order valence-corrected chi connectivity index (χ4v) is 10.9. The van der Waals surface area contributed by atoms with E-state index in [0.717, 1.165) is 3.58 Å². The topological polar surface area (TPSA) is 26.3 Å². The Hall–Kier alpha value is -1.62. The minimum absolute atomic E-state index is 0.176. The summed E-state index contributed by atoms with van der Waals surface area (Å²) in [6, 6.07) is 18.5. The summed E-state index contributed by atoms with van der Waals surface area (Å²) in [6.45, 7) is 1.98. The van der Waals surface area contributed by atoms with E-state index in [2.05, 4.69) is 48.5 Å². The second-order valence-corrected chi connectivity index (χ2v) is 14.5. The molecular weight excluding hydrogens is 507 g/mol. The molecule has 0 amide bonds. The average Bonchev–Trinajstić information content (AvgIpc) is 2.88. The molecule has 0 heterocycles. The maximum absolute atomic E-state index is 12.7. The standard InChI is InChI=1S/C29H37IO2/c1-3-28(29(31)32-2)30(26-18-14-24(15-19-26)22-10-6-4-7-11-22)27-20-16-25(17-21-27)23-12-8-5-9-13-23/h3,14-23H,4-13H2,1-2H3/q+1. The first-order valence-corrected chi connectivity index (χ1v) is 15.6. The Bertz CT molecular complexity index is 840. The predicted molar refractivity (Wildman–Crippen MR) is 128 cm³/mol. The van der Waals surface area contributed by atoms with Crippen molar-refractivity contribution in [3.63, 3.8) is 0 Å². The van der Waals surface area contributed by atoms with Crippen molar-refractivity contribution in [2.45, 2.75) is 83.0 Å². The van der Waals surface area contributed by atoms with Gasteiger partial charge >= 0.3 is 5.97 Å². The highest BCUT2D eigenvalue weighted by Crippen LogP contribution is 2.33. The molecule has 1 radical (unpaired) electrons. The van der Waals surface area contributed by atoms with E-state index in [-0.39, 0.29) is 5.97 Å². The Labute approximate surface area is 201 Å². The largest absolute Gasteiger partial charge is 0.463 e. The van der Waals surface area contributed by atoms with E-state index < -0.39 is 19.8 Å². The van der Waals surface area contributed by atoms with Crippen molar-refractivity contribution in [2.24, 2.45) is 0 Å². The van der Waals surface area contributed by atoms with Crippen molar-refractivity contribution in [1.29, 1.82) is 0 Å². The molecule has 3 heteroatoms. The Kier molecular flexibility index (Phi) is 8.45. The summed E-state index contributed by atoms with van der Waals surface area (Å²) in [4.78, 5) is 12.7. The summed E-state index contributed by atoms with van der Waals surface area (Å²) in [5, 5.41) is 0. The van der Waals surface area contributed by atoms with Crippen molar-refractivity contribution in [2.75, 3.05) is 7.11 Å². The highest BCUT2D eigenvalue weighted by molar-refractivity contribution is 5.85.